The van der Waals surface area contributed by atoms with E-state index in [4.69, 9.17) is 5.73 Å². The van der Waals surface area contributed by atoms with Gasteiger partial charge in [0.2, 0.25) is 11.8 Å². The van der Waals surface area contributed by atoms with Crippen LogP contribution in [0.5, 0.6) is 0 Å². The minimum Gasteiger partial charge on any atom is -0.344 e. The van der Waals surface area contributed by atoms with Gasteiger partial charge < -0.3 is 16.0 Å². The van der Waals surface area contributed by atoms with Gasteiger partial charge in [-0.3, -0.25) is 9.59 Å². The Morgan fingerprint density at radius 1 is 1.17 bits per heavy atom. The molecule has 2 amide bonds. The van der Waals surface area contributed by atoms with Gasteiger partial charge in [-0.2, -0.15) is 0 Å². The Hall–Kier alpha value is -2.11. The molecule has 0 aliphatic carbocycles. The number of amides is 2. The summed E-state index contributed by atoms with van der Waals surface area (Å²) in [5.41, 5.74) is 6.79. The SMILES string of the molecule is CC(C)C(NC(=O)Cc1ccc2ccccc2c1)C(=O)N1CCC(C)(CN)C1.Cl. The van der Waals surface area contributed by atoms with Crippen molar-refractivity contribution >= 4 is 35.0 Å². The molecule has 0 aromatic heterocycles. The molecule has 0 bridgehead atoms. The van der Waals surface area contributed by atoms with Crippen LogP contribution < -0.4 is 11.1 Å². The molecule has 0 spiro atoms. The van der Waals surface area contributed by atoms with Gasteiger partial charge in [-0.25, -0.2) is 0 Å². The van der Waals surface area contributed by atoms with Crippen LogP contribution in [0.1, 0.15) is 32.8 Å². The molecule has 0 radical (unpaired) electrons. The molecule has 1 saturated heterocycles. The summed E-state index contributed by atoms with van der Waals surface area (Å²) in [6, 6.07) is 13.6. The number of hydrogen-bond acceptors (Lipinski definition) is 3. The van der Waals surface area contributed by atoms with Crippen LogP contribution in [0.25, 0.3) is 10.8 Å². The number of hydrogen-bond donors (Lipinski definition) is 2. The molecule has 2 aromatic rings. The van der Waals surface area contributed by atoms with Crippen molar-refractivity contribution in [3.63, 3.8) is 0 Å². The van der Waals surface area contributed by atoms with Crippen molar-refractivity contribution in [3.05, 3.63) is 48.0 Å². The van der Waals surface area contributed by atoms with Crippen LogP contribution in [0.3, 0.4) is 0 Å². The van der Waals surface area contributed by atoms with Gasteiger partial charge in [0.1, 0.15) is 6.04 Å². The number of fused-ring (bicyclic) bond motifs is 1. The second kappa shape index (κ2) is 9.59. The number of nitrogens with one attached hydrogen (secondary N) is 1. The maximum absolute atomic E-state index is 13.0. The Morgan fingerprint density at radius 3 is 2.48 bits per heavy atom. The van der Waals surface area contributed by atoms with Crippen LogP contribution in [-0.2, 0) is 16.0 Å². The fourth-order valence-electron chi connectivity index (χ4n) is 3.85. The molecule has 158 valence electrons. The zero-order valence-corrected chi connectivity index (χ0v) is 18.3. The van der Waals surface area contributed by atoms with Crippen molar-refractivity contribution in [1.82, 2.24) is 10.2 Å². The summed E-state index contributed by atoms with van der Waals surface area (Å²) < 4.78 is 0. The summed E-state index contributed by atoms with van der Waals surface area (Å²) in [5.74, 6) is -0.0973. The molecule has 5 nitrogen and oxygen atoms in total. The van der Waals surface area contributed by atoms with E-state index in [0.29, 0.717) is 19.6 Å². The number of carbonyl (C=O) groups excluding carboxylic acids is 2. The topological polar surface area (TPSA) is 75.4 Å². The number of nitrogens with zero attached hydrogens (tertiary/aromatic N) is 1. The van der Waals surface area contributed by atoms with Gasteiger partial charge in [-0.1, -0.05) is 63.2 Å². The number of rotatable bonds is 6. The van der Waals surface area contributed by atoms with Crippen molar-refractivity contribution in [1.29, 1.82) is 0 Å². The highest BCUT2D eigenvalue weighted by atomic mass is 35.5. The van der Waals surface area contributed by atoms with Gasteiger partial charge in [-0.05, 0) is 40.6 Å². The van der Waals surface area contributed by atoms with E-state index < -0.39 is 6.04 Å². The average Bonchev–Trinajstić information content (AvgIpc) is 3.08. The first kappa shape index (κ1) is 23.2. The average molecular weight is 418 g/mol. The second-order valence-electron chi connectivity index (χ2n) is 8.67. The Bertz CT molecular complexity index is 870. The lowest BCUT2D eigenvalue weighted by Gasteiger charge is -2.28. The monoisotopic (exact) mass is 417 g/mol. The fraction of sp³-hybridized carbons (Fsp3) is 0.478. The van der Waals surface area contributed by atoms with Gasteiger partial charge in [0.15, 0.2) is 0 Å². The van der Waals surface area contributed by atoms with Crippen LogP contribution in [0.15, 0.2) is 42.5 Å². The van der Waals surface area contributed by atoms with E-state index in [-0.39, 0.29) is 42.0 Å². The van der Waals surface area contributed by atoms with Crippen molar-refractivity contribution in [2.24, 2.45) is 17.1 Å². The van der Waals surface area contributed by atoms with Crippen LogP contribution in [-0.4, -0.2) is 42.4 Å². The summed E-state index contributed by atoms with van der Waals surface area (Å²) in [6.45, 7) is 7.98. The zero-order chi connectivity index (χ0) is 20.3. The molecule has 2 unspecified atom stereocenters. The fourth-order valence-corrected chi connectivity index (χ4v) is 3.85. The van der Waals surface area contributed by atoms with E-state index in [0.717, 1.165) is 22.8 Å². The molecule has 6 heteroatoms. The second-order valence-corrected chi connectivity index (χ2v) is 8.67. The van der Waals surface area contributed by atoms with Crippen LogP contribution in [0, 0.1) is 11.3 Å². The molecule has 3 rings (SSSR count). The summed E-state index contributed by atoms with van der Waals surface area (Å²) in [7, 11) is 0. The first-order valence-electron chi connectivity index (χ1n) is 10.1. The van der Waals surface area contributed by atoms with E-state index in [1.54, 1.807) is 0 Å². The number of nitrogens with two attached hydrogens (primary N) is 1. The molecular formula is C23H32ClN3O2. The van der Waals surface area contributed by atoms with Crippen molar-refractivity contribution in [2.45, 2.75) is 39.7 Å². The number of benzene rings is 2. The van der Waals surface area contributed by atoms with Gasteiger partial charge in [0, 0.05) is 13.1 Å². The Balaban J connectivity index is 0.00000300. The summed E-state index contributed by atoms with van der Waals surface area (Å²) in [6.07, 6.45) is 1.17. The zero-order valence-electron chi connectivity index (χ0n) is 17.5. The normalized spacial score (nSPS) is 19.8. The summed E-state index contributed by atoms with van der Waals surface area (Å²) >= 11 is 0. The molecule has 1 aliphatic rings. The van der Waals surface area contributed by atoms with E-state index in [9.17, 15) is 9.59 Å². The van der Waals surface area contributed by atoms with Gasteiger partial charge in [0.25, 0.3) is 0 Å². The van der Waals surface area contributed by atoms with Crippen molar-refractivity contribution < 1.29 is 9.59 Å². The van der Waals surface area contributed by atoms with Crippen LogP contribution in [0.2, 0.25) is 0 Å². The maximum Gasteiger partial charge on any atom is 0.245 e. The molecule has 29 heavy (non-hydrogen) atoms. The lowest BCUT2D eigenvalue weighted by Crippen LogP contribution is -2.51. The Labute approximate surface area is 179 Å². The van der Waals surface area contributed by atoms with Gasteiger partial charge in [-0.15, -0.1) is 12.4 Å². The largest absolute Gasteiger partial charge is 0.344 e. The standard InChI is InChI=1S/C23H31N3O2.ClH/c1-16(2)21(22(28)26-11-10-23(3,14-24)15-26)25-20(27)13-17-8-9-18-6-4-5-7-19(18)12-17;/h4-9,12,16,21H,10-11,13-15,24H2,1-3H3,(H,25,27);1H. The molecule has 1 aliphatic heterocycles. The molecule has 0 saturated carbocycles. The predicted octanol–water partition coefficient (Wildman–Crippen LogP) is 3.14. The quantitative estimate of drug-likeness (QED) is 0.758. The summed E-state index contributed by atoms with van der Waals surface area (Å²) in [5, 5.41) is 5.24. The van der Waals surface area contributed by atoms with Gasteiger partial charge >= 0.3 is 0 Å². The molecule has 1 heterocycles. The number of likely N-dealkylation sites (tertiary alicyclic amines) is 1. The highest BCUT2D eigenvalue weighted by Gasteiger charge is 2.38. The van der Waals surface area contributed by atoms with E-state index in [1.165, 1.54) is 0 Å². The molecule has 2 aromatic carbocycles. The third kappa shape index (κ3) is 5.49. The van der Waals surface area contributed by atoms with E-state index >= 15 is 0 Å². The highest BCUT2D eigenvalue weighted by molar-refractivity contribution is 5.90. The first-order chi connectivity index (χ1) is 13.3. The van der Waals surface area contributed by atoms with Crippen molar-refractivity contribution in [3.8, 4) is 0 Å². The smallest absolute Gasteiger partial charge is 0.245 e. The van der Waals surface area contributed by atoms with Crippen molar-refractivity contribution in [2.75, 3.05) is 19.6 Å². The Kier molecular flexibility index (Phi) is 7.66. The maximum atomic E-state index is 13.0. The molecule has 2 atom stereocenters. The van der Waals surface area contributed by atoms with Crippen LogP contribution in [0.4, 0.5) is 0 Å². The third-order valence-corrected chi connectivity index (χ3v) is 5.79. The lowest BCUT2D eigenvalue weighted by atomic mass is 9.90. The number of carbonyl (C=O) groups is 2. The third-order valence-electron chi connectivity index (χ3n) is 5.79. The van der Waals surface area contributed by atoms with E-state index in [2.05, 4.69) is 18.3 Å². The van der Waals surface area contributed by atoms with Gasteiger partial charge in [0.05, 0.1) is 6.42 Å². The van der Waals surface area contributed by atoms with Crippen LogP contribution >= 0.6 is 12.4 Å². The lowest BCUT2D eigenvalue weighted by molar-refractivity contribution is -0.137. The number of halogens is 1. The molecular weight excluding hydrogens is 386 g/mol. The minimum atomic E-state index is -0.506. The summed E-state index contributed by atoms with van der Waals surface area (Å²) in [4.78, 5) is 27.5. The first-order valence-corrected chi connectivity index (χ1v) is 10.1. The predicted molar refractivity (Wildman–Crippen MR) is 120 cm³/mol. The van der Waals surface area contributed by atoms with E-state index in [1.807, 2.05) is 55.1 Å². The minimum absolute atomic E-state index is 0. The molecule has 3 N–H and O–H groups in total. The molecule has 1 fully saturated rings. The highest BCUT2D eigenvalue weighted by Crippen LogP contribution is 2.29. The Morgan fingerprint density at radius 2 is 1.86 bits per heavy atom.